The number of aromatic nitrogens is 1. The number of nitrogens with one attached hydrogen (secondary N) is 1. The molecule has 0 fully saturated rings. The van der Waals surface area contributed by atoms with E-state index in [0.717, 1.165) is 53.1 Å². The van der Waals surface area contributed by atoms with Crippen LogP contribution < -0.4 is 14.8 Å². The zero-order valence-corrected chi connectivity index (χ0v) is 21.6. The molecule has 0 saturated heterocycles. The van der Waals surface area contributed by atoms with Gasteiger partial charge in [0.15, 0.2) is 0 Å². The Hall–Kier alpha value is -3.91. The summed E-state index contributed by atoms with van der Waals surface area (Å²) < 4.78 is 12.3. The fraction of sp³-hybridized carbons (Fsp3) is 0.367. The highest BCUT2D eigenvalue weighted by Gasteiger charge is 2.18. The van der Waals surface area contributed by atoms with E-state index in [1.807, 2.05) is 60.7 Å². The minimum absolute atomic E-state index is 0.0272. The summed E-state index contributed by atoms with van der Waals surface area (Å²) in [5.74, 6) is 0.660. The molecular formula is C30H35N3O5. The number of nitrogens with zero attached hydrogens (tertiary/aromatic N) is 2. The van der Waals surface area contributed by atoms with Crippen molar-refractivity contribution in [1.29, 1.82) is 0 Å². The number of fused-ring (bicyclic) bond motifs is 1. The Kier molecular flexibility index (Phi) is 10.1. The number of ether oxygens (including phenoxy) is 2. The lowest BCUT2D eigenvalue weighted by molar-refractivity contribution is -0.137. The lowest BCUT2D eigenvalue weighted by Gasteiger charge is -2.24. The number of hydrogen-bond acceptors (Lipinski definition) is 6. The van der Waals surface area contributed by atoms with E-state index in [9.17, 15) is 9.59 Å². The van der Waals surface area contributed by atoms with Crippen LogP contribution in [0.2, 0.25) is 0 Å². The van der Waals surface area contributed by atoms with E-state index in [4.69, 9.17) is 14.6 Å². The van der Waals surface area contributed by atoms with Crippen molar-refractivity contribution in [2.45, 2.75) is 51.8 Å². The van der Waals surface area contributed by atoms with E-state index in [1.165, 1.54) is 0 Å². The molecule has 8 nitrogen and oxygen atoms in total. The second kappa shape index (κ2) is 14.1. The molecule has 8 heteroatoms. The first kappa shape index (κ1) is 27.1. The lowest BCUT2D eigenvalue weighted by atomic mass is 10.0. The van der Waals surface area contributed by atoms with Gasteiger partial charge < -0.3 is 19.9 Å². The number of benzene rings is 2. The topological polar surface area (TPSA) is 101 Å². The zero-order chi connectivity index (χ0) is 26.6. The van der Waals surface area contributed by atoms with Gasteiger partial charge in [-0.1, -0.05) is 36.4 Å². The number of hydrogen-bond donors (Lipinski definition) is 2. The van der Waals surface area contributed by atoms with E-state index >= 15 is 0 Å². The zero-order valence-electron chi connectivity index (χ0n) is 21.6. The molecule has 1 aromatic heterocycles. The van der Waals surface area contributed by atoms with Crippen LogP contribution in [-0.4, -0.2) is 46.6 Å². The van der Waals surface area contributed by atoms with Gasteiger partial charge in [-0.3, -0.25) is 19.5 Å². The minimum atomic E-state index is -0.828. The highest BCUT2D eigenvalue weighted by Crippen LogP contribution is 2.26. The molecule has 0 unspecified atom stereocenters. The predicted octanol–water partition coefficient (Wildman–Crippen LogP) is 4.36. The number of carbonyl (C=O) groups is 2. The van der Waals surface area contributed by atoms with Gasteiger partial charge in [-0.15, -0.1) is 0 Å². The van der Waals surface area contributed by atoms with Crippen molar-refractivity contribution in [2.24, 2.45) is 0 Å². The third-order valence-corrected chi connectivity index (χ3v) is 6.38. The van der Waals surface area contributed by atoms with Crippen molar-refractivity contribution in [3.05, 3.63) is 89.2 Å². The van der Waals surface area contributed by atoms with Gasteiger partial charge in [-0.25, -0.2) is 0 Å². The summed E-state index contributed by atoms with van der Waals surface area (Å²) >= 11 is 0. The average Bonchev–Trinajstić information content (AvgIpc) is 2.93. The molecule has 0 spiro atoms. The van der Waals surface area contributed by atoms with E-state index in [1.54, 1.807) is 6.20 Å². The summed E-state index contributed by atoms with van der Waals surface area (Å²) in [5, 5.41) is 12.2. The second-order valence-corrected chi connectivity index (χ2v) is 9.46. The molecule has 3 aromatic rings. The van der Waals surface area contributed by atoms with Crippen LogP contribution in [0.15, 0.2) is 66.9 Å². The number of para-hydroxylation sites is 1. The number of carboxylic acids is 1. The van der Waals surface area contributed by atoms with Crippen molar-refractivity contribution >= 4 is 11.9 Å². The van der Waals surface area contributed by atoms with Crippen LogP contribution in [-0.2, 0) is 35.7 Å². The Labute approximate surface area is 223 Å². The maximum absolute atomic E-state index is 12.8. The summed E-state index contributed by atoms with van der Waals surface area (Å²) in [5.41, 5.74) is 3.67. The van der Waals surface area contributed by atoms with Crippen LogP contribution in [0, 0.1) is 0 Å². The summed E-state index contributed by atoms with van der Waals surface area (Å²) in [7, 11) is 0. The van der Waals surface area contributed by atoms with Crippen LogP contribution in [0.5, 0.6) is 11.5 Å². The molecule has 200 valence electrons. The molecule has 0 saturated carbocycles. The van der Waals surface area contributed by atoms with Crippen molar-refractivity contribution in [3.63, 3.8) is 0 Å². The molecule has 38 heavy (non-hydrogen) atoms. The molecule has 2 aromatic carbocycles. The van der Waals surface area contributed by atoms with E-state index in [2.05, 4.69) is 15.2 Å². The molecule has 0 bridgehead atoms. The monoisotopic (exact) mass is 517 g/mol. The van der Waals surface area contributed by atoms with Gasteiger partial charge in [-0.2, -0.15) is 0 Å². The number of pyridine rings is 1. The lowest BCUT2D eigenvalue weighted by Crippen LogP contribution is -2.37. The molecule has 1 amide bonds. The first-order valence-corrected chi connectivity index (χ1v) is 13.1. The molecule has 4 rings (SSSR count). The molecule has 2 heterocycles. The number of rotatable bonds is 8. The Morgan fingerprint density at radius 2 is 1.92 bits per heavy atom. The third-order valence-electron chi connectivity index (χ3n) is 6.38. The number of aliphatic carboxylic acids is 1. The largest absolute Gasteiger partial charge is 0.493 e. The number of carboxylic acid groups (broad SMARTS) is 1. The summed E-state index contributed by atoms with van der Waals surface area (Å²) in [6.45, 7) is 2.76. The molecule has 1 aliphatic heterocycles. The normalized spacial score (nSPS) is 15.1. The molecule has 0 radical (unpaired) electrons. The number of amides is 1. The Morgan fingerprint density at radius 1 is 1.05 bits per heavy atom. The van der Waals surface area contributed by atoms with Crippen LogP contribution in [0.1, 0.15) is 48.1 Å². The smallest absolute Gasteiger partial charge is 0.303 e. The second-order valence-electron chi connectivity index (χ2n) is 9.46. The number of carbonyl (C=O) groups excluding carboxylic acids is 1. The van der Waals surface area contributed by atoms with Crippen LogP contribution in [0.3, 0.4) is 0 Å². The maximum Gasteiger partial charge on any atom is 0.303 e. The van der Waals surface area contributed by atoms with E-state index in [-0.39, 0.29) is 18.9 Å². The summed E-state index contributed by atoms with van der Waals surface area (Å²) in [4.78, 5) is 30.4. The molecule has 1 aliphatic rings. The highest BCUT2D eigenvalue weighted by atomic mass is 16.5. The first-order valence-electron chi connectivity index (χ1n) is 13.1. The Bertz CT molecular complexity index is 1200. The van der Waals surface area contributed by atoms with Gasteiger partial charge in [0, 0.05) is 43.4 Å². The summed E-state index contributed by atoms with van der Waals surface area (Å²) in [6.07, 6.45) is 5.02. The number of aryl methyl sites for hydroxylation is 1. The Balaban J connectivity index is 1.57. The summed E-state index contributed by atoms with van der Waals surface area (Å²) in [6, 6.07) is 19.4. The van der Waals surface area contributed by atoms with Crippen LogP contribution >= 0.6 is 0 Å². The molecule has 2 N–H and O–H groups in total. The predicted molar refractivity (Wildman–Crippen MR) is 144 cm³/mol. The molecular weight excluding hydrogens is 482 g/mol. The van der Waals surface area contributed by atoms with Crippen molar-refractivity contribution in [1.82, 2.24) is 15.2 Å². The highest BCUT2D eigenvalue weighted by molar-refractivity contribution is 5.78. The van der Waals surface area contributed by atoms with Crippen LogP contribution in [0.4, 0.5) is 0 Å². The fourth-order valence-electron chi connectivity index (χ4n) is 4.44. The molecule has 0 aliphatic carbocycles. The van der Waals surface area contributed by atoms with Crippen molar-refractivity contribution in [3.8, 4) is 11.5 Å². The average molecular weight is 518 g/mol. The Morgan fingerprint density at radius 3 is 2.76 bits per heavy atom. The first-order chi connectivity index (χ1) is 18.6. The van der Waals surface area contributed by atoms with Crippen molar-refractivity contribution < 1.29 is 24.2 Å². The fourth-order valence-corrected chi connectivity index (χ4v) is 4.44. The van der Waals surface area contributed by atoms with Gasteiger partial charge in [-0.05, 0) is 55.5 Å². The van der Waals surface area contributed by atoms with E-state index < -0.39 is 5.97 Å². The maximum atomic E-state index is 12.8. The van der Waals surface area contributed by atoms with Gasteiger partial charge in [0.2, 0.25) is 5.91 Å². The standard InChI is InChI=1S/C30H35N3O5/c34-29-21-33(19-24-8-2-3-10-27(24)38-22-26-9-4-6-15-31-26)20-25-18-23(12-14-30(35)36)11-13-28(25)37-17-7-1-5-16-32-29/h2-4,6,8-11,13,15,18H,1,5,7,12,14,16-17,19-22H2,(H,32,34)(H,35,36). The van der Waals surface area contributed by atoms with Gasteiger partial charge >= 0.3 is 5.97 Å². The third kappa shape index (κ3) is 8.59. The SMILES string of the molecule is O=C(O)CCc1ccc2c(c1)CN(Cc1ccccc1OCc1ccccn1)CC(=O)NCCCCCO2. The van der Waals surface area contributed by atoms with Crippen molar-refractivity contribution in [2.75, 3.05) is 19.7 Å². The van der Waals surface area contributed by atoms with Crippen LogP contribution in [0.25, 0.3) is 0 Å². The van der Waals surface area contributed by atoms with Gasteiger partial charge in [0.05, 0.1) is 18.8 Å². The van der Waals surface area contributed by atoms with Gasteiger partial charge in [0.25, 0.3) is 0 Å². The van der Waals surface area contributed by atoms with E-state index in [0.29, 0.717) is 39.3 Å². The quantitative estimate of drug-likeness (QED) is 0.458. The van der Waals surface area contributed by atoms with Gasteiger partial charge in [0.1, 0.15) is 18.1 Å². The molecule has 0 atom stereocenters. The minimum Gasteiger partial charge on any atom is -0.493 e.